The monoisotopic (exact) mass is 219 g/mol. The van der Waals surface area contributed by atoms with Gasteiger partial charge in [0, 0.05) is 6.04 Å². The molecule has 1 aliphatic rings. The minimum Gasteiger partial charge on any atom is -0.496 e. The van der Waals surface area contributed by atoms with E-state index in [1.54, 1.807) is 7.11 Å². The standard InChI is InChI=1S/C14H21NO/c1-3-12-9-11(6-7-14(12)16-2)10-13-5-4-8-15-13/h6-7,9,13,15H,3-5,8,10H2,1-2H3. The summed E-state index contributed by atoms with van der Waals surface area (Å²) in [5.41, 5.74) is 2.75. The van der Waals surface area contributed by atoms with Crippen molar-refractivity contribution in [1.82, 2.24) is 5.32 Å². The maximum absolute atomic E-state index is 5.35. The van der Waals surface area contributed by atoms with Gasteiger partial charge in [-0.15, -0.1) is 0 Å². The van der Waals surface area contributed by atoms with E-state index in [9.17, 15) is 0 Å². The molecule has 0 aliphatic carbocycles. The third-order valence-corrected chi connectivity index (χ3v) is 3.37. The van der Waals surface area contributed by atoms with Crippen molar-refractivity contribution in [2.75, 3.05) is 13.7 Å². The molecular weight excluding hydrogens is 198 g/mol. The summed E-state index contributed by atoms with van der Waals surface area (Å²) < 4.78 is 5.35. The van der Waals surface area contributed by atoms with Crippen molar-refractivity contribution < 1.29 is 4.74 Å². The van der Waals surface area contributed by atoms with Crippen LogP contribution in [0.25, 0.3) is 0 Å². The van der Waals surface area contributed by atoms with Crippen LogP contribution >= 0.6 is 0 Å². The number of methoxy groups -OCH3 is 1. The lowest BCUT2D eigenvalue weighted by molar-refractivity contribution is 0.410. The maximum atomic E-state index is 5.35. The predicted molar refractivity (Wildman–Crippen MR) is 67.1 cm³/mol. The normalized spacial score (nSPS) is 20.0. The van der Waals surface area contributed by atoms with E-state index in [1.165, 1.54) is 30.5 Å². The van der Waals surface area contributed by atoms with Crippen molar-refractivity contribution in [3.63, 3.8) is 0 Å². The van der Waals surface area contributed by atoms with E-state index >= 15 is 0 Å². The van der Waals surface area contributed by atoms with E-state index in [-0.39, 0.29) is 0 Å². The lowest BCUT2D eigenvalue weighted by atomic mass is 10.0. The van der Waals surface area contributed by atoms with Crippen LogP contribution in [0.2, 0.25) is 0 Å². The first-order valence-corrected chi connectivity index (χ1v) is 6.22. The Kier molecular flexibility index (Phi) is 3.83. The first-order chi connectivity index (χ1) is 7.83. The SMILES string of the molecule is CCc1cc(CC2CCCN2)ccc1OC. The molecule has 2 nitrogen and oxygen atoms in total. The molecule has 0 saturated carbocycles. The van der Waals surface area contributed by atoms with Gasteiger partial charge < -0.3 is 10.1 Å². The van der Waals surface area contributed by atoms with Gasteiger partial charge in [0.05, 0.1) is 7.11 Å². The molecule has 1 atom stereocenters. The Labute approximate surface area is 98.0 Å². The maximum Gasteiger partial charge on any atom is 0.122 e. The minimum atomic E-state index is 0.679. The Morgan fingerprint density at radius 3 is 2.94 bits per heavy atom. The topological polar surface area (TPSA) is 21.3 Å². The molecule has 1 heterocycles. The highest BCUT2D eigenvalue weighted by molar-refractivity contribution is 5.37. The summed E-state index contributed by atoms with van der Waals surface area (Å²) in [7, 11) is 1.74. The van der Waals surface area contributed by atoms with E-state index in [4.69, 9.17) is 4.74 Å². The molecule has 1 saturated heterocycles. The highest BCUT2D eigenvalue weighted by Gasteiger charge is 2.14. The Morgan fingerprint density at radius 2 is 2.31 bits per heavy atom. The molecule has 2 rings (SSSR count). The van der Waals surface area contributed by atoms with Crippen molar-refractivity contribution >= 4 is 0 Å². The number of ether oxygens (including phenoxy) is 1. The highest BCUT2D eigenvalue weighted by atomic mass is 16.5. The molecule has 88 valence electrons. The first kappa shape index (κ1) is 11.5. The molecule has 0 aromatic heterocycles. The Morgan fingerprint density at radius 1 is 1.44 bits per heavy atom. The average molecular weight is 219 g/mol. The average Bonchev–Trinajstić information content (AvgIpc) is 2.81. The van der Waals surface area contributed by atoms with Crippen LogP contribution in [0.4, 0.5) is 0 Å². The highest BCUT2D eigenvalue weighted by Crippen LogP contribution is 2.22. The van der Waals surface area contributed by atoms with Gasteiger partial charge in [-0.3, -0.25) is 0 Å². The van der Waals surface area contributed by atoms with Gasteiger partial charge in [-0.05, 0) is 49.4 Å². The quantitative estimate of drug-likeness (QED) is 0.840. The second-order valence-electron chi connectivity index (χ2n) is 4.50. The molecule has 1 unspecified atom stereocenters. The second kappa shape index (κ2) is 5.35. The third kappa shape index (κ3) is 2.56. The number of rotatable bonds is 4. The van der Waals surface area contributed by atoms with Gasteiger partial charge in [0.15, 0.2) is 0 Å². The van der Waals surface area contributed by atoms with Crippen LogP contribution in [0.3, 0.4) is 0 Å². The predicted octanol–water partition coefficient (Wildman–Crippen LogP) is 2.55. The van der Waals surface area contributed by atoms with Crippen LogP contribution in [0.1, 0.15) is 30.9 Å². The van der Waals surface area contributed by atoms with Crippen molar-refractivity contribution in [1.29, 1.82) is 0 Å². The van der Waals surface area contributed by atoms with Crippen LogP contribution < -0.4 is 10.1 Å². The largest absolute Gasteiger partial charge is 0.496 e. The zero-order valence-electron chi connectivity index (χ0n) is 10.3. The van der Waals surface area contributed by atoms with Gasteiger partial charge in [0.2, 0.25) is 0 Å². The summed E-state index contributed by atoms with van der Waals surface area (Å²) in [6.45, 7) is 3.36. The van der Waals surface area contributed by atoms with Crippen LogP contribution in [-0.4, -0.2) is 19.7 Å². The molecule has 1 aliphatic heterocycles. The second-order valence-corrected chi connectivity index (χ2v) is 4.50. The molecule has 1 fully saturated rings. The van der Waals surface area contributed by atoms with Crippen molar-refractivity contribution in [3.05, 3.63) is 29.3 Å². The van der Waals surface area contributed by atoms with Gasteiger partial charge in [-0.2, -0.15) is 0 Å². The fourth-order valence-electron chi connectivity index (χ4n) is 2.45. The molecule has 16 heavy (non-hydrogen) atoms. The van der Waals surface area contributed by atoms with Crippen LogP contribution in [0, 0.1) is 0 Å². The molecule has 2 heteroatoms. The molecule has 0 spiro atoms. The molecule has 1 aromatic carbocycles. The van der Waals surface area contributed by atoms with Crippen LogP contribution in [0.15, 0.2) is 18.2 Å². The van der Waals surface area contributed by atoms with Crippen LogP contribution in [-0.2, 0) is 12.8 Å². The van der Waals surface area contributed by atoms with Crippen LogP contribution in [0.5, 0.6) is 5.75 Å². The van der Waals surface area contributed by atoms with Gasteiger partial charge in [0.1, 0.15) is 5.75 Å². The Hall–Kier alpha value is -1.02. The summed E-state index contributed by atoms with van der Waals surface area (Å²) in [6, 6.07) is 7.26. The lowest BCUT2D eigenvalue weighted by Crippen LogP contribution is -2.23. The summed E-state index contributed by atoms with van der Waals surface area (Å²) >= 11 is 0. The van der Waals surface area contributed by atoms with E-state index in [1.807, 2.05) is 0 Å². The number of benzene rings is 1. The number of nitrogens with one attached hydrogen (secondary N) is 1. The number of hydrogen-bond acceptors (Lipinski definition) is 2. The summed E-state index contributed by atoms with van der Waals surface area (Å²) in [5, 5.41) is 3.54. The van der Waals surface area contributed by atoms with Crippen molar-refractivity contribution in [3.8, 4) is 5.75 Å². The van der Waals surface area contributed by atoms with Crippen molar-refractivity contribution in [2.45, 2.75) is 38.6 Å². The van der Waals surface area contributed by atoms with Gasteiger partial charge in [-0.25, -0.2) is 0 Å². The third-order valence-electron chi connectivity index (χ3n) is 3.37. The van der Waals surface area contributed by atoms with Gasteiger partial charge in [0.25, 0.3) is 0 Å². The van der Waals surface area contributed by atoms with Gasteiger partial charge in [-0.1, -0.05) is 19.1 Å². The summed E-state index contributed by atoms with van der Waals surface area (Å²) in [6.07, 6.45) is 4.82. The molecular formula is C14H21NO. The van der Waals surface area contributed by atoms with E-state index < -0.39 is 0 Å². The summed E-state index contributed by atoms with van der Waals surface area (Å²) in [4.78, 5) is 0. The zero-order chi connectivity index (χ0) is 11.4. The fraction of sp³-hybridized carbons (Fsp3) is 0.571. The number of hydrogen-bond donors (Lipinski definition) is 1. The lowest BCUT2D eigenvalue weighted by Gasteiger charge is -2.13. The van der Waals surface area contributed by atoms with E-state index in [0.29, 0.717) is 6.04 Å². The zero-order valence-corrected chi connectivity index (χ0v) is 10.3. The summed E-state index contributed by atoms with van der Waals surface area (Å²) in [5.74, 6) is 1.02. The van der Waals surface area contributed by atoms with E-state index in [0.717, 1.165) is 18.6 Å². The fourth-order valence-corrected chi connectivity index (χ4v) is 2.45. The molecule has 0 bridgehead atoms. The minimum absolute atomic E-state index is 0.679. The Bertz CT molecular complexity index is 343. The first-order valence-electron chi connectivity index (χ1n) is 6.22. The molecule has 1 N–H and O–H groups in total. The molecule has 1 aromatic rings. The van der Waals surface area contributed by atoms with E-state index in [2.05, 4.69) is 30.4 Å². The molecule has 0 amide bonds. The Balaban J connectivity index is 2.09. The van der Waals surface area contributed by atoms with Crippen molar-refractivity contribution in [2.24, 2.45) is 0 Å². The molecule has 0 radical (unpaired) electrons. The smallest absolute Gasteiger partial charge is 0.122 e. The van der Waals surface area contributed by atoms with Gasteiger partial charge >= 0.3 is 0 Å². The number of aryl methyl sites for hydroxylation is 1.